The van der Waals surface area contributed by atoms with Crippen molar-refractivity contribution in [3.63, 3.8) is 0 Å². The molecule has 19 heavy (non-hydrogen) atoms. The van der Waals surface area contributed by atoms with E-state index in [1.54, 1.807) is 6.92 Å². The zero-order chi connectivity index (χ0) is 14.6. The summed E-state index contributed by atoms with van der Waals surface area (Å²) in [4.78, 5) is 10.4. The lowest BCUT2D eigenvalue weighted by Crippen LogP contribution is -2.34. The Kier molecular flexibility index (Phi) is 4.89. The minimum atomic E-state index is -0.827. The number of nitro benzene ring substituents is 1. The van der Waals surface area contributed by atoms with Gasteiger partial charge in [0.05, 0.1) is 10.5 Å². The zero-order valence-electron chi connectivity index (χ0n) is 11.9. The number of benzene rings is 1. The number of anilines is 1. The summed E-state index contributed by atoms with van der Waals surface area (Å²) >= 11 is 0. The molecule has 0 aliphatic rings. The van der Waals surface area contributed by atoms with Crippen molar-refractivity contribution in [2.45, 2.75) is 39.7 Å². The van der Waals surface area contributed by atoms with Gasteiger partial charge in [0.25, 0.3) is 5.69 Å². The molecule has 0 fully saturated rings. The first-order valence-corrected chi connectivity index (χ1v) is 6.42. The fourth-order valence-corrected chi connectivity index (χ4v) is 2.21. The fourth-order valence-electron chi connectivity index (χ4n) is 2.21. The lowest BCUT2D eigenvalue weighted by atomic mass is 9.94. The van der Waals surface area contributed by atoms with E-state index in [0.717, 1.165) is 5.56 Å². The molecular formula is C14H22N2O3. The van der Waals surface area contributed by atoms with E-state index in [-0.39, 0.29) is 5.69 Å². The molecule has 0 heterocycles. The van der Waals surface area contributed by atoms with Gasteiger partial charge in [-0.3, -0.25) is 10.1 Å². The van der Waals surface area contributed by atoms with E-state index in [1.165, 1.54) is 12.1 Å². The van der Waals surface area contributed by atoms with Crippen molar-refractivity contribution in [1.29, 1.82) is 0 Å². The first kappa shape index (κ1) is 15.4. The van der Waals surface area contributed by atoms with Crippen molar-refractivity contribution >= 4 is 11.4 Å². The molecule has 0 aliphatic carbocycles. The second kappa shape index (κ2) is 6.02. The molecule has 1 aromatic carbocycles. The van der Waals surface area contributed by atoms with E-state index in [0.29, 0.717) is 24.6 Å². The Morgan fingerprint density at radius 2 is 2.05 bits per heavy atom. The lowest BCUT2D eigenvalue weighted by Gasteiger charge is -2.26. The minimum Gasteiger partial charge on any atom is -0.388 e. The smallest absolute Gasteiger partial charge is 0.271 e. The number of aliphatic hydroxyl groups is 1. The molecule has 106 valence electrons. The molecule has 0 saturated carbocycles. The molecule has 0 bridgehead atoms. The fraction of sp³-hybridized carbons (Fsp3) is 0.571. The monoisotopic (exact) mass is 266 g/mol. The number of nitrogens with one attached hydrogen (secondary N) is 1. The van der Waals surface area contributed by atoms with Crippen LogP contribution in [0.15, 0.2) is 18.2 Å². The summed E-state index contributed by atoms with van der Waals surface area (Å²) in [5.41, 5.74) is 0.717. The topological polar surface area (TPSA) is 75.4 Å². The molecule has 2 N–H and O–H groups in total. The van der Waals surface area contributed by atoms with Crippen LogP contribution in [-0.4, -0.2) is 22.2 Å². The van der Waals surface area contributed by atoms with Gasteiger partial charge < -0.3 is 10.4 Å². The summed E-state index contributed by atoms with van der Waals surface area (Å²) in [7, 11) is 0. The average molecular weight is 266 g/mol. The van der Waals surface area contributed by atoms with Crippen LogP contribution < -0.4 is 5.32 Å². The van der Waals surface area contributed by atoms with Crippen LogP contribution in [0.2, 0.25) is 0 Å². The van der Waals surface area contributed by atoms with Gasteiger partial charge in [-0.05, 0) is 37.8 Å². The Morgan fingerprint density at radius 3 is 2.58 bits per heavy atom. The van der Waals surface area contributed by atoms with Crippen LogP contribution in [0.25, 0.3) is 0 Å². The molecular weight excluding hydrogens is 244 g/mol. The lowest BCUT2D eigenvalue weighted by molar-refractivity contribution is -0.384. The highest BCUT2D eigenvalue weighted by molar-refractivity contribution is 5.53. The standard InChI is InChI=1S/C14H22N2O3/c1-10(2)8-14(4,17)9-15-12-5-11(3)6-13(7-12)16(18)19/h5-7,10,15,17H,8-9H2,1-4H3. The number of hydrogen-bond acceptors (Lipinski definition) is 4. The number of nitro groups is 1. The van der Waals surface area contributed by atoms with Gasteiger partial charge in [0.15, 0.2) is 0 Å². The van der Waals surface area contributed by atoms with Gasteiger partial charge in [0.2, 0.25) is 0 Å². The number of rotatable bonds is 6. The zero-order valence-corrected chi connectivity index (χ0v) is 11.9. The summed E-state index contributed by atoms with van der Waals surface area (Å²) in [5, 5.41) is 24.0. The third-order valence-corrected chi connectivity index (χ3v) is 2.79. The van der Waals surface area contributed by atoms with Crippen LogP contribution in [0.5, 0.6) is 0 Å². The molecule has 0 aliphatic heterocycles. The Labute approximate surface area is 113 Å². The van der Waals surface area contributed by atoms with Crippen molar-refractivity contribution in [3.8, 4) is 0 Å². The molecule has 1 unspecified atom stereocenters. The first-order valence-electron chi connectivity index (χ1n) is 6.42. The number of hydrogen-bond donors (Lipinski definition) is 2. The molecule has 1 rings (SSSR count). The van der Waals surface area contributed by atoms with E-state index < -0.39 is 10.5 Å². The highest BCUT2D eigenvalue weighted by atomic mass is 16.6. The molecule has 5 nitrogen and oxygen atoms in total. The van der Waals surface area contributed by atoms with Gasteiger partial charge >= 0.3 is 0 Å². The van der Waals surface area contributed by atoms with Gasteiger partial charge in [0, 0.05) is 24.4 Å². The van der Waals surface area contributed by atoms with Crippen LogP contribution in [0.3, 0.4) is 0 Å². The quantitative estimate of drug-likeness (QED) is 0.612. The molecule has 5 heteroatoms. The maximum atomic E-state index is 10.8. The number of aryl methyl sites for hydroxylation is 1. The summed E-state index contributed by atoms with van der Waals surface area (Å²) in [5.74, 6) is 0.392. The van der Waals surface area contributed by atoms with E-state index in [2.05, 4.69) is 5.32 Å². The average Bonchev–Trinajstić information content (AvgIpc) is 2.24. The molecule has 0 amide bonds. The highest BCUT2D eigenvalue weighted by Gasteiger charge is 2.21. The predicted molar refractivity (Wildman–Crippen MR) is 76.4 cm³/mol. The van der Waals surface area contributed by atoms with Gasteiger partial charge in [-0.2, -0.15) is 0 Å². The SMILES string of the molecule is Cc1cc(NCC(C)(O)CC(C)C)cc([N+](=O)[O-])c1. The second-order valence-electron chi connectivity index (χ2n) is 5.76. The van der Waals surface area contributed by atoms with E-state index in [1.807, 2.05) is 26.8 Å². The summed E-state index contributed by atoms with van der Waals surface area (Å²) in [6.07, 6.45) is 0.675. The van der Waals surface area contributed by atoms with Crippen molar-refractivity contribution < 1.29 is 10.0 Å². The maximum absolute atomic E-state index is 10.8. The summed E-state index contributed by atoms with van der Waals surface area (Å²) in [6.45, 7) is 8.04. The molecule has 0 spiro atoms. The van der Waals surface area contributed by atoms with Crippen LogP contribution >= 0.6 is 0 Å². The maximum Gasteiger partial charge on any atom is 0.271 e. The molecule has 1 atom stereocenters. The number of nitrogens with zero attached hydrogens (tertiary/aromatic N) is 1. The van der Waals surface area contributed by atoms with Gasteiger partial charge in [-0.1, -0.05) is 13.8 Å². The van der Waals surface area contributed by atoms with Crippen molar-refractivity contribution in [2.24, 2.45) is 5.92 Å². The molecule has 0 saturated heterocycles. The van der Waals surface area contributed by atoms with Crippen LogP contribution in [-0.2, 0) is 0 Å². The largest absolute Gasteiger partial charge is 0.388 e. The molecule has 1 aromatic rings. The van der Waals surface area contributed by atoms with Crippen molar-refractivity contribution in [1.82, 2.24) is 0 Å². The number of non-ortho nitro benzene ring substituents is 1. The van der Waals surface area contributed by atoms with Gasteiger partial charge in [0.1, 0.15) is 0 Å². The highest BCUT2D eigenvalue weighted by Crippen LogP contribution is 2.22. The second-order valence-corrected chi connectivity index (χ2v) is 5.76. The predicted octanol–water partition coefficient (Wildman–Crippen LogP) is 3.11. The Morgan fingerprint density at radius 1 is 1.42 bits per heavy atom. The Balaban J connectivity index is 2.75. The Bertz CT molecular complexity index is 456. The van der Waals surface area contributed by atoms with Gasteiger partial charge in [-0.25, -0.2) is 0 Å². The summed E-state index contributed by atoms with van der Waals surface area (Å²) < 4.78 is 0. The normalized spacial score (nSPS) is 14.2. The van der Waals surface area contributed by atoms with Crippen LogP contribution in [0.1, 0.15) is 32.8 Å². The molecule has 0 aromatic heterocycles. The minimum absolute atomic E-state index is 0.0611. The van der Waals surface area contributed by atoms with Crippen molar-refractivity contribution in [3.05, 3.63) is 33.9 Å². The van der Waals surface area contributed by atoms with Crippen molar-refractivity contribution in [2.75, 3.05) is 11.9 Å². The van der Waals surface area contributed by atoms with E-state index >= 15 is 0 Å². The Hall–Kier alpha value is -1.62. The van der Waals surface area contributed by atoms with E-state index in [4.69, 9.17) is 0 Å². The van der Waals surface area contributed by atoms with Crippen LogP contribution in [0, 0.1) is 23.0 Å². The van der Waals surface area contributed by atoms with Crippen LogP contribution in [0.4, 0.5) is 11.4 Å². The third kappa shape index (κ3) is 5.26. The van der Waals surface area contributed by atoms with Gasteiger partial charge in [-0.15, -0.1) is 0 Å². The van der Waals surface area contributed by atoms with E-state index in [9.17, 15) is 15.2 Å². The summed E-state index contributed by atoms with van der Waals surface area (Å²) in [6, 6.07) is 4.84. The third-order valence-electron chi connectivity index (χ3n) is 2.79. The first-order chi connectivity index (χ1) is 8.69. The molecule has 0 radical (unpaired) electrons.